The second-order valence-corrected chi connectivity index (χ2v) is 8.89. The Morgan fingerprint density at radius 1 is 1.12 bits per heavy atom. The van der Waals surface area contributed by atoms with Crippen LogP contribution in [0.25, 0.3) is 11.3 Å². The zero-order chi connectivity index (χ0) is 22.0. The lowest BCUT2D eigenvalue weighted by atomic mass is 9.63. The predicted molar refractivity (Wildman–Crippen MR) is 114 cm³/mol. The second-order valence-electron chi connectivity index (χ2n) is 8.89. The van der Waals surface area contributed by atoms with E-state index < -0.39 is 5.97 Å². The van der Waals surface area contributed by atoms with Crippen molar-refractivity contribution in [2.24, 2.45) is 40.6 Å². The molecular weight excluding hydrogens is 408 g/mol. The molecule has 162 valence electrons. The van der Waals surface area contributed by atoms with Gasteiger partial charge in [-0.3, -0.25) is 9.59 Å². The van der Waals surface area contributed by atoms with Crippen LogP contribution in [0.1, 0.15) is 29.5 Å². The maximum Gasteiger partial charge on any atom is 0.338 e. The number of esters is 1. The highest BCUT2D eigenvalue weighted by molar-refractivity contribution is 6.06. The first-order valence-corrected chi connectivity index (χ1v) is 11.0. The summed E-state index contributed by atoms with van der Waals surface area (Å²) >= 11 is 0. The molecule has 0 radical (unpaired) electrons. The molecule has 7 heteroatoms. The zero-order valence-corrected chi connectivity index (χ0v) is 17.5. The molecule has 1 saturated heterocycles. The van der Waals surface area contributed by atoms with Crippen LogP contribution in [-0.4, -0.2) is 35.6 Å². The van der Waals surface area contributed by atoms with Crippen molar-refractivity contribution in [2.45, 2.75) is 13.3 Å². The Morgan fingerprint density at radius 3 is 2.53 bits per heavy atom. The normalized spacial score (nSPS) is 31.8. The van der Waals surface area contributed by atoms with E-state index in [-0.39, 0.29) is 35.5 Å². The zero-order valence-electron chi connectivity index (χ0n) is 17.5. The fourth-order valence-corrected chi connectivity index (χ4v) is 5.76. The Labute approximate surface area is 184 Å². The Balaban J connectivity index is 1.21. The second kappa shape index (κ2) is 7.02. The van der Waals surface area contributed by atoms with Gasteiger partial charge in [-0.2, -0.15) is 10.1 Å². The van der Waals surface area contributed by atoms with Gasteiger partial charge in [0, 0.05) is 5.56 Å². The molecule has 4 aliphatic carbocycles. The third kappa shape index (κ3) is 2.80. The first kappa shape index (κ1) is 19.2. The Hall–Kier alpha value is -3.48. The van der Waals surface area contributed by atoms with E-state index in [0.717, 1.165) is 17.0 Å². The summed E-state index contributed by atoms with van der Waals surface area (Å²) in [5.41, 5.74) is 1.16. The monoisotopic (exact) mass is 430 g/mol. The standard InChI is InChI=1S/C25H22N2O5/c1-2-31-25(30)14-5-3-4-13(10-14)20-9-6-15(32-20)12-26-27-23(28)21-16-7-8-17(19-11-18(16)19)22(21)24(27)29/h3-10,12,16-19,21-22H,2,11H2,1H3/t16-,17-,18-,19+,21-,22+/m0/s1. The Bertz CT molecular complexity index is 1160. The first-order valence-electron chi connectivity index (χ1n) is 11.0. The number of carbonyl (C=O) groups excluding carboxylic acids is 3. The molecular formula is C25H22N2O5. The van der Waals surface area contributed by atoms with Gasteiger partial charge in [-0.1, -0.05) is 24.3 Å². The topological polar surface area (TPSA) is 89.2 Å². The summed E-state index contributed by atoms with van der Waals surface area (Å²) in [5, 5.41) is 5.25. The molecule has 2 amide bonds. The van der Waals surface area contributed by atoms with E-state index in [0.29, 0.717) is 35.5 Å². The molecule has 2 aromatic rings. The molecule has 5 aliphatic rings. The quantitative estimate of drug-likeness (QED) is 0.313. The van der Waals surface area contributed by atoms with Gasteiger partial charge in [0.1, 0.15) is 11.5 Å². The van der Waals surface area contributed by atoms with Crippen molar-refractivity contribution in [1.82, 2.24) is 5.01 Å². The third-order valence-electron chi connectivity index (χ3n) is 7.22. The van der Waals surface area contributed by atoms with E-state index in [1.807, 2.05) is 6.07 Å². The molecule has 2 saturated carbocycles. The number of rotatable bonds is 5. The number of hydrogen-bond acceptors (Lipinski definition) is 6. The van der Waals surface area contributed by atoms with Gasteiger partial charge in [-0.05, 0) is 61.3 Å². The van der Waals surface area contributed by atoms with Crippen LogP contribution in [0.5, 0.6) is 0 Å². The summed E-state index contributed by atoms with van der Waals surface area (Å²) in [6, 6.07) is 10.4. The summed E-state index contributed by atoms with van der Waals surface area (Å²) in [6.07, 6.45) is 6.82. The number of benzene rings is 1. The van der Waals surface area contributed by atoms with Crippen molar-refractivity contribution in [3.8, 4) is 11.3 Å². The molecule has 2 bridgehead atoms. The van der Waals surface area contributed by atoms with Crippen molar-refractivity contribution in [3.63, 3.8) is 0 Å². The highest BCUT2D eigenvalue weighted by Gasteiger charge is 2.67. The molecule has 0 spiro atoms. The number of hydrazone groups is 1. The predicted octanol–water partition coefficient (Wildman–Crippen LogP) is 3.51. The van der Waals surface area contributed by atoms with E-state index in [1.165, 1.54) is 6.21 Å². The van der Waals surface area contributed by atoms with E-state index >= 15 is 0 Å². The lowest BCUT2D eigenvalue weighted by Gasteiger charge is -2.37. The number of nitrogens with zero attached hydrogens (tertiary/aromatic N) is 2. The fourth-order valence-electron chi connectivity index (χ4n) is 5.76. The van der Waals surface area contributed by atoms with E-state index in [1.54, 1.807) is 37.3 Å². The Morgan fingerprint density at radius 2 is 1.84 bits per heavy atom. The van der Waals surface area contributed by atoms with Crippen molar-refractivity contribution in [1.29, 1.82) is 0 Å². The number of furan rings is 1. The van der Waals surface area contributed by atoms with Gasteiger partial charge in [0.05, 0.1) is 30.2 Å². The van der Waals surface area contributed by atoms with Gasteiger partial charge in [0.15, 0.2) is 0 Å². The molecule has 7 rings (SSSR count). The first-order chi connectivity index (χ1) is 15.6. The maximum atomic E-state index is 13.0. The summed E-state index contributed by atoms with van der Waals surface area (Å²) in [7, 11) is 0. The van der Waals surface area contributed by atoms with Gasteiger partial charge in [-0.25, -0.2) is 4.79 Å². The summed E-state index contributed by atoms with van der Waals surface area (Å²) < 4.78 is 10.9. The van der Waals surface area contributed by atoms with Crippen molar-refractivity contribution in [2.75, 3.05) is 6.61 Å². The lowest BCUT2D eigenvalue weighted by molar-refractivity contribution is -0.140. The molecule has 0 N–H and O–H groups in total. The third-order valence-corrected chi connectivity index (χ3v) is 7.22. The molecule has 0 unspecified atom stereocenters. The highest BCUT2D eigenvalue weighted by Crippen LogP contribution is 2.65. The maximum absolute atomic E-state index is 13.0. The van der Waals surface area contributed by atoms with Crippen molar-refractivity contribution in [3.05, 3.63) is 59.9 Å². The Kier molecular flexibility index (Phi) is 4.22. The van der Waals surface area contributed by atoms with Gasteiger partial charge >= 0.3 is 5.97 Å². The summed E-state index contributed by atoms with van der Waals surface area (Å²) in [4.78, 5) is 38.0. The molecule has 32 heavy (non-hydrogen) atoms. The van der Waals surface area contributed by atoms with Crippen LogP contribution in [0.4, 0.5) is 0 Å². The van der Waals surface area contributed by atoms with Gasteiger partial charge in [0.2, 0.25) is 0 Å². The highest BCUT2D eigenvalue weighted by atomic mass is 16.5. The van der Waals surface area contributed by atoms with Gasteiger partial charge in [0.25, 0.3) is 11.8 Å². The minimum absolute atomic E-state index is 0.175. The van der Waals surface area contributed by atoms with Crippen molar-refractivity contribution < 1.29 is 23.5 Å². The van der Waals surface area contributed by atoms with Crippen LogP contribution in [0.3, 0.4) is 0 Å². The number of imide groups is 1. The summed E-state index contributed by atoms with van der Waals surface area (Å²) in [5.74, 6) is 1.11. The molecule has 1 aromatic carbocycles. The number of hydrogen-bond donors (Lipinski definition) is 0. The van der Waals surface area contributed by atoms with Gasteiger partial charge < -0.3 is 9.15 Å². The van der Waals surface area contributed by atoms with Gasteiger partial charge in [-0.15, -0.1) is 0 Å². The molecule has 1 aromatic heterocycles. The SMILES string of the molecule is CCOC(=O)c1cccc(-c2ccc(C=NN3C(=O)[C@@H]4[C@H]5C=C[C@@H]([C@@H]6C[C@H]56)[C@@H]4C3=O)o2)c1. The fraction of sp³-hybridized carbons (Fsp3) is 0.360. The van der Waals surface area contributed by atoms with Crippen LogP contribution in [0, 0.1) is 35.5 Å². The molecule has 3 fully saturated rings. The minimum atomic E-state index is -0.392. The largest absolute Gasteiger partial charge is 0.462 e. The average molecular weight is 430 g/mol. The average Bonchev–Trinajstić information content (AvgIpc) is 3.44. The lowest BCUT2D eigenvalue weighted by Crippen LogP contribution is -2.40. The smallest absolute Gasteiger partial charge is 0.338 e. The molecule has 7 nitrogen and oxygen atoms in total. The number of amides is 2. The van der Waals surface area contributed by atoms with E-state index in [4.69, 9.17) is 9.15 Å². The number of carbonyl (C=O) groups is 3. The van der Waals surface area contributed by atoms with Crippen LogP contribution in [0.15, 0.2) is 58.1 Å². The van der Waals surface area contributed by atoms with Crippen LogP contribution >= 0.6 is 0 Å². The van der Waals surface area contributed by atoms with Crippen LogP contribution in [-0.2, 0) is 14.3 Å². The molecule has 6 atom stereocenters. The van der Waals surface area contributed by atoms with E-state index in [2.05, 4.69) is 17.3 Å². The molecule has 2 heterocycles. The molecule has 1 aliphatic heterocycles. The number of allylic oxidation sites excluding steroid dienone is 2. The summed E-state index contributed by atoms with van der Waals surface area (Å²) in [6.45, 7) is 2.06. The van der Waals surface area contributed by atoms with E-state index in [9.17, 15) is 14.4 Å². The van der Waals surface area contributed by atoms with Crippen molar-refractivity contribution >= 4 is 24.0 Å². The minimum Gasteiger partial charge on any atom is -0.462 e. The number of ether oxygens (including phenoxy) is 1. The van der Waals surface area contributed by atoms with Crippen LogP contribution < -0.4 is 0 Å². The van der Waals surface area contributed by atoms with Crippen LogP contribution in [0.2, 0.25) is 0 Å².